The number of benzene rings is 1. The number of carbonyl (C=O) groups is 2. The van der Waals surface area contributed by atoms with E-state index < -0.39 is 28.1 Å². The molecular weight excluding hydrogens is 268 g/mol. The maximum Gasteiger partial charge on any atom is 0.335 e. The number of carboxylic acids is 1. The highest BCUT2D eigenvalue weighted by molar-refractivity contribution is 5.99. The summed E-state index contributed by atoms with van der Waals surface area (Å²) in [6, 6.07) is 3.23. The predicted octanol–water partition coefficient (Wildman–Crippen LogP) is 1.66. The highest BCUT2D eigenvalue weighted by Crippen LogP contribution is 2.26. The van der Waals surface area contributed by atoms with Crippen LogP contribution in [0.1, 0.15) is 24.2 Å². The van der Waals surface area contributed by atoms with Crippen LogP contribution >= 0.6 is 0 Å². The molecular formula is C12H14N2O6. The lowest BCUT2D eigenvalue weighted by Crippen LogP contribution is -2.38. The summed E-state index contributed by atoms with van der Waals surface area (Å²) in [6.45, 7) is 3.00. The molecule has 2 N–H and O–H groups in total. The maximum atomic E-state index is 11.9. The van der Waals surface area contributed by atoms with Gasteiger partial charge in [-0.2, -0.15) is 0 Å². The molecule has 1 aromatic rings. The molecule has 0 aliphatic rings. The quantitative estimate of drug-likeness (QED) is 0.626. The number of carbonyl (C=O) groups excluding carboxylic acids is 1. The first-order chi connectivity index (χ1) is 9.19. The normalized spacial score (nSPS) is 10.9. The van der Waals surface area contributed by atoms with E-state index in [0.717, 1.165) is 6.07 Å². The number of carboxylic acid groups (broad SMARTS) is 1. The molecule has 1 rings (SSSR count). The highest BCUT2D eigenvalue weighted by Gasteiger charge is 2.29. The van der Waals surface area contributed by atoms with E-state index in [1.807, 2.05) is 0 Å². The van der Waals surface area contributed by atoms with Gasteiger partial charge in [-0.25, -0.2) is 4.79 Å². The van der Waals surface area contributed by atoms with Gasteiger partial charge in [-0.05, 0) is 26.0 Å². The molecule has 1 aromatic carbocycles. The number of nitrogens with one attached hydrogen (secondary N) is 1. The largest absolute Gasteiger partial charge is 0.478 e. The van der Waals surface area contributed by atoms with Gasteiger partial charge in [-0.3, -0.25) is 14.9 Å². The Balaban J connectivity index is 3.16. The molecule has 0 fully saturated rings. The summed E-state index contributed by atoms with van der Waals surface area (Å²) in [6.07, 6.45) is 0. The fourth-order valence-corrected chi connectivity index (χ4v) is 1.29. The Labute approximate surface area is 114 Å². The van der Waals surface area contributed by atoms with Gasteiger partial charge in [0.25, 0.3) is 11.6 Å². The average Bonchev–Trinajstić information content (AvgIpc) is 2.38. The first-order valence-electron chi connectivity index (χ1n) is 5.57. The average molecular weight is 282 g/mol. The second-order valence-electron chi connectivity index (χ2n) is 4.46. The summed E-state index contributed by atoms with van der Waals surface area (Å²) < 4.78 is 4.96. The van der Waals surface area contributed by atoms with Crippen LogP contribution in [0.3, 0.4) is 0 Å². The van der Waals surface area contributed by atoms with Crippen molar-refractivity contribution in [1.29, 1.82) is 0 Å². The number of nitro groups is 1. The van der Waals surface area contributed by atoms with Crippen LogP contribution in [-0.4, -0.2) is 34.6 Å². The molecule has 108 valence electrons. The molecule has 0 aromatic heterocycles. The summed E-state index contributed by atoms with van der Waals surface area (Å²) in [7, 11) is 1.33. The molecule has 20 heavy (non-hydrogen) atoms. The third kappa shape index (κ3) is 3.29. The Bertz CT molecular complexity index is 567. The molecule has 0 radical (unpaired) electrons. The van der Waals surface area contributed by atoms with Crippen molar-refractivity contribution in [1.82, 2.24) is 0 Å². The molecule has 8 nitrogen and oxygen atoms in total. The fourth-order valence-electron chi connectivity index (χ4n) is 1.29. The predicted molar refractivity (Wildman–Crippen MR) is 69.8 cm³/mol. The van der Waals surface area contributed by atoms with E-state index in [1.54, 1.807) is 0 Å². The zero-order chi connectivity index (χ0) is 15.5. The number of nitro benzene ring substituents is 1. The zero-order valence-electron chi connectivity index (χ0n) is 11.2. The Morgan fingerprint density at radius 2 is 2.00 bits per heavy atom. The minimum absolute atomic E-state index is 0.0878. The van der Waals surface area contributed by atoms with Crippen molar-refractivity contribution in [2.45, 2.75) is 19.4 Å². The smallest absolute Gasteiger partial charge is 0.335 e. The number of anilines is 1. The van der Waals surface area contributed by atoms with Gasteiger partial charge in [-0.1, -0.05) is 0 Å². The van der Waals surface area contributed by atoms with Gasteiger partial charge in [0, 0.05) is 13.2 Å². The van der Waals surface area contributed by atoms with Gasteiger partial charge < -0.3 is 15.2 Å². The third-order valence-electron chi connectivity index (χ3n) is 2.75. The van der Waals surface area contributed by atoms with Crippen LogP contribution in [0.2, 0.25) is 0 Å². The van der Waals surface area contributed by atoms with E-state index in [9.17, 15) is 19.7 Å². The zero-order valence-corrected chi connectivity index (χ0v) is 11.2. The molecule has 0 spiro atoms. The van der Waals surface area contributed by atoms with Crippen LogP contribution in [-0.2, 0) is 9.53 Å². The summed E-state index contributed by atoms with van der Waals surface area (Å²) >= 11 is 0. The van der Waals surface area contributed by atoms with E-state index in [2.05, 4.69) is 5.32 Å². The Kier molecular flexibility index (Phi) is 4.41. The number of ether oxygens (including phenoxy) is 1. The Morgan fingerprint density at radius 1 is 1.40 bits per heavy atom. The van der Waals surface area contributed by atoms with Crippen LogP contribution in [0, 0.1) is 10.1 Å². The van der Waals surface area contributed by atoms with E-state index in [0.29, 0.717) is 0 Å². The van der Waals surface area contributed by atoms with Crippen molar-refractivity contribution in [3.63, 3.8) is 0 Å². The Hall–Kier alpha value is -2.48. The summed E-state index contributed by atoms with van der Waals surface area (Å²) in [4.78, 5) is 32.8. The van der Waals surface area contributed by atoms with E-state index in [4.69, 9.17) is 9.84 Å². The minimum Gasteiger partial charge on any atom is -0.478 e. The molecule has 0 unspecified atom stereocenters. The standard InChI is InChI=1S/C12H14N2O6/c1-12(2,20-3)11(17)13-8-5-4-7(10(15)16)6-9(8)14(18)19/h4-6H,1-3H3,(H,13,17)(H,15,16). The maximum absolute atomic E-state index is 11.9. The number of rotatable bonds is 5. The lowest BCUT2D eigenvalue weighted by Gasteiger charge is -2.21. The second kappa shape index (κ2) is 5.66. The number of aromatic carboxylic acids is 1. The van der Waals surface area contributed by atoms with Crippen molar-refractivity contribution in [3.8, 4) is 0 Å². The third-order valence-corrected chi connectivity index (χ3v) is 2.75. The van der Waals surface area contributed by atoms with Gasteiger partial charge in [0.1, 0.15) is 11.3 Å². The first-order valence-corrected chi connectivity index (χ1v) is 5.57. The van der Waals surface area contributed by atoms with E-state index in [1.165, 1.54) is 33.1 Å². The molecule has 0 saturated carbocycles. The van der Waals surface area contributed by atoms with Crippen molar-refractivity contribution in [3.05, 3.63) is 33.9 Å². The van der Waals surface area contributed by atoms with Gasteiger partial charge in [-0.15, -0.1) is 0 Å². The summed E-state index contributed by atoms with van der Waals surface area (Å²) in [5.74, 6) is -1.87. The second-order valence-corrected chi connectivity index (χ2v) is 4.46. The van der Waals surface area contributed by atoms with E-state index in [-0.39, 0.29) is 11.3 Å². The van der Waals surface area contributed by atoms with Crippen molar-refractivity contribution >= 4 is 23.3 Å². The molecule has 0 heterocycles. The van der Waals surface area contributed by atoms with Crippen molar-refractivity contribution < 1.29 is 24.4 Å². The summed E-state index contributed by atoms with van der Waals surface area (Å²) in [5.41, 5.74) is -1.99. The Morgan fingerprint density at radius 3 is 2.45 bits per heavy atom. The lowest BCUT2D eigenvalue weighted by molar-refractivity contribution is -0.384. The van der Waals surface area contributed by atoms with Gasteiger partial charge in [0.2, 0.25) is 0 Å². The van der Waals surface area contributed by atoms with Gasteiger partial charge >= 0.3 is 5.97 Å². The minimum atomic E-state index is -1.29. The SMILES string of the molecule is COC(C)(C)C(=O)Nc1ccc(C(=O)O)cc1[N+](=O)[O-]. The number of hydrogen-bond donors (Lipinski definition) is 2. The topological polar surface area (TPSA) is 119 Å². The molecule has 0 aliphatic heterocycles. The van der Waals surface area contributed by atoms with Gasteiger partial charge in [0.05, 0.1) is 10.5 Å². The number of hydrogen-bond acceptors (Lipinski definition) is 5. The van der Waals surface area contributed by atoms with Gasteiger partial charge in [0.15, 0.2) is 0 Å². The molecule has 1 amide bonds. The number of nitrogens with zero attached hydrogens (tertiary/aromatic N) is 1. The lowest BCUT2D eigenvalue weighted by atomic mass is 10.1. The van der Waals surface area contributed by atoms with Crippen LogP contribution in [0.4, 0.5) is 11.4 Å². The molecule has 8 heteroatoms. The van der Waals surface area contributed by atoms with E-state index >= 15 is 0 Å². The summed E-state index contributed by atoms with van der Waals surface area (Å²) in [5, 5.41) is 22.1. The van der Waals surface area contributed by atoms with Crippen LogP contribution < -0.4 is 5.32 Å². The van der Waals surface area contributed by atoms with Crippen molar-refractivity contribution in [2.75, 3.05) is 12.4 Å². The fraction of sp³-hybridized carbons (Fsp3) is 0.333. The highest BCUT2D eigenvalue weighted by atomic mass is 16.6. The molecule has 0 aliphatic carbocycles. The molecule has 0 atom stereocenters. The number of amides is 1. The number of methoxy groups -OCH3 is 1. The van der Waals surface area contributed by atoms with Crippen LogP contribution in [0.25, 0.3) is 0 Å². The van der Waals surface area contributed by atoms with Crippen LogP contribution in [0.5, 0.6) is 0 Å². The molecule has 0 bridgehead atoms. The van der Waals surface area contributed by atoms with Crippen molar-refractivity contribution in [2.24, 2.45) is 0 Å². The monoisotopic (exact) mass is 282 g/mol. The molecule has 0 saturated heterocycles. The van der Waals surface area contributed by atoms with Crippen LogP contribution in [0.15, 0.2) is 18.2 Å². The first kappa shape index (κ1) is 15.6.